The first kappa shape index (κ1) is 12.7. The lowest BCUT2D eigenvalue weighted by Crippen LogP contribution is -2.48. The van der Waals surface area contributed by atoms with Gasteiger partial charge in [-0.1, -0.05) is 12.2 Å². The van der Waals surface area contributed by atoms with E-state index in [2.05, 4.69) is 0 Å². The number of likely N-dealkylation sites (tertiary alicyclic amines) is 1. The summed E-state index contributed by atoms with van der Waals surface area (Å²) < 4.78 is 0. The molecule has 104 valence electrons. The molecule has 0 aromatic heterocycles. The third-order valence-corrected chi connectivity index (χ3v) is 4.88. The lowest BCUT2D eigenvalue weighted by molar-refractivity contribution is -0.151. The van der Waals surface area contributed by atoms with Gasteiger partial charge in [0, 0.05) is 19.1 Å². The van der Waals surface area contributed by atoms with Crippen molar-refractivity contribution in [2.45, 2.75) is 25.3 Å². The molecular weight excluding hydrogens is 244 g/mol. The van der Waals surface area contributed by atoms with E-state index in [-0.39, 0.29) is 29.7 Å². The van der Waals surface area contributed by atoms with Crippen LogP contribution in [0.1, 0.15) is 19.3 Å². The first-order valence-corrected chi connectivity index (χ1v) is 7.03. The molecule has 0 radical (unpaired) electrons. The van der Waals surface area contributed by atoms with Gasteiger partial charge in [0.1, 0.15) is 0 Å². The zero-order valence-electron chi connectivity index (χ0n) is 10.9. The summed E-state index contributed by atoms with van der Waals surface area (Å²) in [5.74, 6) is -1.53. The minimum atomic E-state index is -0.830. The van der Waals surface area contributed by atoms with E-state index in [4.69, 9.17) is 5.73 Å². The summed E-state index contributed by atoms with van der Waals surface area (Å²) >= 11 is 0. The number of rotatable bonds is 2. The number of carboxylic acids is 1. The van der Waals surface area contributed by atoms with E-state index in [0.717, 1.165) is 19.3 Å². The molecule has 2 fully saturated rings. The Morgan fingerprint density at radius 3 is 2.26 bits per heavy atom. The van der Waals surface area contributed by atoms with Crippen molar-refractivity contribution in [3.05, 3.63) is 12.2 Å². The van der Waals surface area contributed by atoms with Crippen molar-refractivity contribution in [3.8, 4) is 0 Å². The number of nitrogens with zero attached hydrogens (tertiary/aromatic N) is 1. The Labute approximate surface area is 112 Å². The molecule has 2 aliphatic carbocycles. The average Bonchev–Trinajstić information content (AvgIpc) is 2.98. The molecule has 1 amide bonds. The molecule has 4 atom stereocenters. The molecule has 3 N–H and O–H groups in total. The van der Waals surface area contributed by atoms with Crippen LogP contribution in [-0.2, 0) is 9.59 Å². The largest absolute Gasteiger partial charge is 0.481 e. The zero-order valence-corrected chi connectivity index (χ0v) is 10.9. The molecule has 1 heterocycles. The summed E-state index contributed by atoms with van der Waals surface area (Å²) in [6.45, 7) is 1.34. The Morgan fingerprint density at radius 1 is 1.11 bits per heavy atom. The molecule has 0 spiro atoms. The van der Waals surface area contributed by atoms with Crippen molar-refractivity contribution < 1.29 is 14.7 Å². The first-order valence-electron chi connectivity index (χ1n) is 7.03. The second-order valence-corrected chi connectivity index (χ2v) is 6.00. The number of allylic oxidation sites excluding steroid dienone is 2. The number of hydrogen-bond donors (Lipinski definition) is 2. The van der Waals surface area contributed by atoms with Gasteiger partial charge in [0.2, 0.25) is 5.91 Å². The molecule has 0 aromatic carbocycles. The number of hydrogen-bond acceptors (Lipinski definition) is 3. The summed E-state index contributed by atoms with van der Waals surface area (Å²) in [7, 11) is 0. The van der Waals surface area contributed by atoms with Crippen LogP contribution in [0.5, 0.6) is 0 Å². The Morgan fingerprint density at radius 2 is 1.68 bits per heavy atom. The third kappa shape index (κ3) is 2.06. The van der Waals surface area contributed by atoms with Gasteiger partial charge in [-0.15, -0.1) is 0 Å². The topological polar surface area (TPSA) is 83.6 Å². The van der Waals surface area contributed by atoms with Crippen molar-refractivity contribution in [2.75, 3.05) is 13.1 Å². The van der Waals surface area contributed by atoms with Crippen LogP contribution >= 0.6 is 0 Å². The number of fused-ring (bicyclic) bond motifs is 2. The maximum Gasteiger partial charge on any atom is 0.307 e. The van der Waals surface area contributed by atoms with Gasteiger partial charge < -0.3 is 15.7 Å². The number of carboxylic acid groups (broad SMARTS) is 1. The second-order valence-electron chi connectivity index (χ2n) is 6.00. The molecule has 1 aliphatic heterocycles. The molecule has 1 saturated heterocycles. The number of nitrogens with two attached hydrogens (primary N) is 1. The maximum atomic E-state index is 12.6. The summed E-state index contributed by atoms with van der Waals surface area (Å²) in [6.07, 6.45) is 6.46. The van der Waals surface area contributed by atoms with E-state index in [9.17, 15) is 14.7 Å². The van der Waals surface area contributed by atoms with Gasteiger partial charge in [-0.25, -0.2) is 0 Å². The van der Waals surface area contributed by atoms with Gasteiger partial charge in [-0.05, 0) is 31.1 Å². The highest BCUT2D eigenvalue weighted by atomic mass is 16.4. The molecule has 19 heavy (non-hydrogen) atoms. The molecular formula is C14H20N2O3. The van der Waals surface area contributed by atoms with E-state index in [0.29, 0.717) is 13.1 Å². The standard InChI is InChI=1S/C14H20N2O3/c15-10-3-5-16(6-4-10)13(17)11-8-1-2-9(7-8)12(11)14(18)19/h1-2,8-12H,3-7,15H2,(H,18,19). The van der Waals surface area contributed by atoms with Crippen LogP contribution in [0.4, 0.5) is 0 Å². The Kier molecular flexibility index (Phi) is 3.09. The quantitative estimate of drug-likeness (QED) is 0.710. The molecule has 0 aromatic rings. The SMILES string of the molecule is NC1CCN(C(=O)C2C3C=CC(C3)C2C(=O)O)CC1. The molecule has 2 bridgehead atoms. The van der Waals surface area contributed by atoms with Crippen molar-refractivity contribution in [1.82, 2.24) is 4.90 Å². The molecule has 3 rings (SSSR count). The van der Waals surface area contributed by atoms with Crippen molar-refractivity contribution in [3.63, 3.8) is 0 Å². The van der Waals surface area contributed by atoms with Crippen LogP contribution in [0.3, 0.4) is 0 Å². The van der Waals surface area contributed by atoms with Crippen LogP contribution < -0.4 is 5.73 Å². The minimum Gasteiger partial charge on any atom is -0.481 e. The number of aliphatic carboxylic acids is 1. The zero-order chi connectivity index (χ0) is 13.6. The highest BCUT2D eigenvalue weighted by Crippen LogP contribution is 2.48. The van der Waals surface area contributed by atoms with E-state index in [1.54, 1.807) is 0 Å². The van der Waals surface area contributed by atoms with Crippen LogP contribution in [0.15, 0.2) is 12.2 Å². The highest BCUT2D eigenvalue weighted by molar-refractivity contribution is 5.87. The fourth-order valence-corrected chi connectivity index (χ4v) is 3.83. The van der Waals surface area contributed by atoms with E-state index in [1.807, 2.05) is 17.1 Å². The predicted octanol–water partition coefficient (Wildman–Crippen LogP) is 0.459. The summed E-state index contributed by atoms with van der Waals surface area (Å²) in [5.41, 5.74) is 5.84. The maximum absolute atomic E-state index is 12.6. The molecule has 1 saturated carbocycles. The van der Waals surface area contributed by atoms with Crippen LogP contribution in [0.2, 0.25) is 0 Å². The predicted molar refractivity (Wildman–Crippen MR) is 69.1 cm³/mol. The molecule has 5 heteroatoms. The Balaban J connectivity index is 1.75. The second kappa shape index (κ2) is 4.63. The van der Waals surface area contributed by atoms with E-state index in [1.165, 1.54) is 0 Å². The normalized spacial score (nSPS) is 37.8. The summed E-state index contributed by atoms with van der Waals surface area (Å²) in [4.78, 5) is 25.8. The van der Waals surface area contributed by atoms with Crippen LogP contribution in [-0.4, -0.2) is 41.0 Å². The summed E-state index contributed by atoms with van der Waals surface area (Å²) in [6, 6.07) is 0.180. The number of amides is 1. The summed E-state index contributed by atoms with van der Waals surface area (Å²) in [5, 5.41) is 9.37. The van der Waals surface area contributed by atoms with Gasteiger partial charge in [-0.3, -0.25) is 9.59 Å². The lowest BCUT2D eigenvalue weighted by Gasteiger charge is -2.35. The number of piperidine rings is 1. The fraction of sp³-hybridized carbons (Fsp3) is 0.714. The molecule has 4 unspecified atom stereocenters. The van der Waals surface area contributed by atoms with Gasteiger partial charge in [-0.2, -0.15) is 0 Å². The van der Waals surface area contributed by atoms with E-state index >= 15 is 0 Å². The van der Waals surface area contributed by atoms with Crippen LogP contribution in [0.25, 0.3) is 0 Å². The number of carbonyl (C=O) groups excluding carboxylic acids is 1. The lowest BCUT2D eigenvalue weighted by atomic mass is 9.81. The van der Waals surface area contributed by atoms with Crippen LogP contribution in [0, 0.1) is 23.7 Å². The van der Waals surface area contributed by atoms with Gasteiger partial charge in [0.15, 0.2) is 0 Å². The van der Waals surface area contributed by atoms with Gasteiger partial charge >= 0.3 is 5.97 Å². The number of carbonyl (C=O) groups is 2. The average molecular weight is 264 g/mol. The van der Waals surface area contributed by atoms with Gasteiger partial charge in [0.05, 0.1) is 11.8 Å². The third-order valence-electron chi connectivity index (χ3n) is 4.88. The monoisotopic (exact) mass is 264 g/mol. The van der Waals surface area contributed by atoms with Crippen molar-refractivity contribution in [2.24, 2.45) is 29.4 Å². The first-order chi connectivity index (χ1) is 9.08. The van der Waals surface area contributed by atoms with Crippen molar-refractivity contribution in [1.29, 1.82) is 0 Å². The smallest absolute Gasteiger partial charge is 0.307 e. The Hall–Kier alpha value is -1.36. The molecule has 3 aliphatic rings. The molecule has 5 nitrogen and oxygen atoms in total. The van der Waals surface area contributed by atoms with Crippen molar-refractivity contribution >= 4 is 11.9 Å². The van der Waals surface area contributed by atoms with Gasteiger partial charge in [0.25, 0.3) is 0 Å². The fourth-order valence-electron chi connectivity index (χ4n) is 3.83. The minimum absolute atomic E-state index is 0.0242. The van der Waals surface area contributed by atoms with E-state index < -0.39 is 11.9 Å². The highest BCUT2D eigenvalue weighted by Gasteiger charge is 2.52. The Bertz CT molecular complexity index is 426.